The van der Waals surface area contributed by atoms with E-state index in [1.165, 1.54) is 0 Å². The largest absolute Gasteiger partial charge is 0.392 e. The van der Waals surface area contributed by atoms with E-state index in [9.17, 15) is 5.11 Å². The molecule has 2 heteroatoms. The van der Waals surface area contributed by atoms with Crippen LogP contribution < -0.4 is 0 Å². The number of aromatic nitrogens is 1. The van der Waals surface area contributed by atoms with Crippen molar-refractivity contribution in [1.82, 2.24) is 4.57 Å². The predicted molar refractivity (Wildman–Crippen MR) is 75.1 cm³/mol. The molecule has 0 amide bonds. The molecule has 0 aliphatic rings. The summed E-state index contributed by atoms with van der Waals surface area (Å²) in [4.78, 5) is 0. The molecule has 2 nitrogen and oxygen atoms in total. The molecule has 0 aliphatic heterocycles. The third-order valence-corrected chi connectivity index (χ3v) is 2.79. The molecule has 94 valence electrons. The van der Waals surface area contributed by atoms with Crippen molar-refractivity contribution in [2.45, 2.75) is 33.9 Å². The Morgan fingerprint density at radius 3 is 2.67 bits per heavy atom. The van der Waals surface area contributed by atoms with Crippen molar-refractivity contribution in [3.8, 4) is 11.8 Å². The van der Waals surface area contributed by atoms with E-state index in [0.29, 0.717) is 6.54 Å². The Labute approximate surface area is 108 Å². The van der Waals surface area contributed by atoms with Crippen LogP contribution in [-0.2, 0) is 13.2 Å². The second kappa shape index (κ2) is 4.88. The van der Waals surface area contributed by atoms with Crippen molar-refractivity contribution < 1.29 is 5.11 Å². The summed E-state index contributed by atoms with van der Waals surface area (Å²) in [5.74, 6) is 6.44. The zero-order chi connectivity index (χ0) is 13.2. The second-order valence-electron chi connectivity index (χ2n) is 5.50. The Bertz CT molecular complexity index is 605. The maximum atomic E-state index is 9.29. The molecule has 1 heterocycles. The number of hydrogen-bond acceptors (Lipinski definition) is 1. The molecule has 2 rings (SSSR count). The molecule has 1 aromatic heterocycles. The number of aliphatic hydroxyl groups is 1. The van der Waals surface area contributed by atoms with Gasteiger partial charge in [-0.2, -0.15) is 0 Å². The summed E-state index contributed by atoms with van der Waals surface area (Å²) < 4.78 is 2.12. The van der Waals surface area contributed by atoms with Crippen LogP contribution in [0.15, 0.2) is 30.5 Å². The first-order valence-electron chi connectivity index (χ1n) is 6.19. The van der Waals surface area contributed by atoms with Gasteiger partial charge in [-0.05, 0) is 38.5 Å². The Balaban J connectivity index is 2.32. The van der Waals surface area contributed by atoms with Crippen LogP contribution in [0.2, 0.25) is 0 Å². The van der Waals surface area contributed by atoms with Gasteiger partial charge in [-0.3, -0.25) is 0 Å². The quantitative estimate of drug-likeness (QED) is 0.803. The van der Waals surface area contributed by atoms with Crippen molar-refractivity contribution in [3.63, 3.8) is 0 Å². The van der Waals surface area contributed by atoms with E-state index in [1.54, 1.807) is 0 Å². The Morgan fingerprint density at radius 2 is 2.00 bits per heavy atom. The van der Waals surface area contributed by atoms with Crippen LogP contribution in [0.25, 0.3) is 10.9 Å². The maximum Gasteiger partial charge on any atom is 0.0837 e. The van der Waals surface area contributed by atoms with Crippen LogP contribution in [0.1, 0.15) is 26.3 Å². The van der Waals surface area contributed by atoms with Crippen molar-refractivity contribution in [3.05, 3.63) is 36.0 Å². The summed E-state index contributed by atoms with van der Waals surface area (Å²) in [6, 6.07) is 8.03. The summed E-state index contributed by atoms with van der Waals surface area (Å²) in [6.45, 7) is 7.09. The van der Waals surface area contributed by atoms with E-state index in [0.717, 1.165) is 16.5 Å². The van der Waals surface area contributed by atoms with Gasteiger partial charge < -0.3 is 9.67 Å². The third kappa shape index (κ3) is 2.75. The third-order valence-electron chi connectivity index (χ3n) is 2.79. The van der Waals surface area contributed by atoms with Crippen LogP contribution in [-0.4, -0.2) is 9.67 Å². The SMILES string of the molecule is CC(C)(C)C#CCn1ccc2c(CO)cccc21. The molecule has 0 atom stereocenters. The number of fused-ring (bicyclic) bond motifs is 1. The smallest absolute Gasteiger partial charge is 0.0837 e. The molecule has 0 spiro atoms. The number of rotatable bonds is 2. The molecule has 18 heavy (non-hydrogen) atoms. The fourth-order valence-electron chi connectivity index (χ4n) is 1.95. The molecule has 1 aromatic carbocycles. The number of aliphatic hydroxyl groups excluding tert-OH is 1. The molecule has 2 aromatic rings. The Hall–Kier alpha value is -1.72. The van der Waals surface area contributed by atoms with Crippen LogP contribution in [0.4, 0.5) is 0 Å². The first-order valence-corrected chi connectivity index (χ1v) is 6.19. The monoisotopic (exact) mass is 241 g/mol. The van der Waals surface area contributed by atoms with Gasteiger partial charge in [-0.15, -0.1) is 0 Å². The number of nitrogens with zero attached hydrogens (tertiary/aromatic N) is 1. The van der Waals surface area contributed by atoms with Gasteiger partial charge in [0.2, 0.25) is 0 Å². The van der Waals surface area contributed by atoms with E-state index in [2.05, 4.69) is 43.2 Å². The molecular weight excluding hydrogens is 222 g/mol. The standard InChI is InChI=1S/C16H19NO/c1-16(2,3)9-5-10-17-11-8-14-13(12-18)6-4-7-15(14)17/h4,6-8,11,18H,10,12H2,1-3H3. The highest BCUT2D eigenvalue weighted by Gasteiger charge is 2.05. The fraction of sp³-hybridized carbons (Fsp3) is 0.375. The maximum absolute atomic E-state index is 9.29. The van der Waals surface area contributed by atoms with Gasteiger partial charge in [0.25, 0.3) is 0 Å². The molecule has 1 N–H and O–H groups in total. The van der Waals surface area contributed by atoms with Crippen molar-refractivity contribution in [2.24, 2.45) is 5.41 Å². The molecule has 0 saturated heterocycles. The molecule has 0 radical (unpaired) electrons. The lowest BCUT2D eigenvalue weighted by Gasteiger charge is -2.07. The van der Waals surface area contributed by atoms with E-state index < -0.39 is 0 Å². The van der Waals surface area contributed by atoms with Gasteiger partial charge in [-0.25, -0.2) is 0 Å². The minimum Gasteiger partial charge on any atom is -0.392 e. The van der Waals surface area contributed by atoms with Crippen LogP contribution >= 0.6 is 0 Å². The summed E-state index contributed by atoms with van der Waals surface area (Å²) in [6.07, 6.45) is 2.03. The first kappa shape index (κ1) is 12.7. The lowest BCUT2D eigenvalue weighted by molar-refractivity contribution is 0.283. The fourth-order valence-corrected chi connectivity index (χ4v) is 1.95. The number of hydrogen-bond donors (Lipinski definition) is 1. The normalized spacial score (nSPS) is 11.3. The van der Waals surface area contributed by atoms with E-state index in [-0.39, 0.29) is 12.0 Å². The van der Waals surface area contributed by atoms with Crippen LogP contribution in [0.3, 0.4) is 0 Å². The van der Waals surface area contributed by atoms with Gasteiger partial charge in [0, 0.05) is 22.5 Å². The zero-order valence-electron chi connectivity index (χ0n) is 11.2. The van der Waals surface area contributed by atoms with Gasteiger partial charge >= 0.3 is 0 Å². The topological polar surface area (TPSA) is 25.2 Å². The molecule has 0 saturated carbocycles. The lowest BCUT2D eigenvalue weighted by atomic mass is 9.98. The average molecular weight is 241 g/mol. The summed E-state index contributed by atoms with van der Waals surface area (Å²) in [5.41, 5.74) is 2.14. The van der Waals surface area contributed by atoms with Crippen LogP contribution in [0.5, 0.6) is 0 Å². The van der Waals surface area contributed by atoms with Crippen molar-refractivity contribution >= 4 is 10.9 Å². The van der Waals surface area contributed by atoms with Crippen molar-refractivity contribution in [1.29, 1.82) is 0 Å². The van der Waals surface area contributed by atoms with E-state index in [4.69, 9.17) is 0 Å². The number of benzene rings is 1. The molecule has 0 fully saturated rings. The minimum atomic E-state index is 0.0409. The van der Waals surface area contributed by atoms with Crippen LogP contribution in [0, 0.1) is 17.3 Å². The van der Waals surface area contributed by atoms with Gasteiger partial charge in [0.05, 0.1) is 13.2 Å². The summed E-state index contributed by atoms with van der Waals surface area (Å²) in [5, 5.41) is 10.4. The molecule has 0 bridgehead atoms. The van der Waals surface area contributed by atoms with E-state index in [1.807, 2.05) is 24.4 Å². The summed E-state index contributed by atoms with van der Waals surface area (Å²) >= 11 is 0. The van der Waals surface area contributed by atoms with Gasteiger partial charge in [0.15, 0.2) is 0 Å². The predicted octanol–water partition coefficient (Wildman–Crippen LogP) is 3.18. The first-order chi connectivity index (χ1) is 8.51. The Morgan fingerprint density at radius 1 is 1.22 bits per heavy atom. The lowest BCUT2D eigenvalue weighted by Crippen LogP contribution is -2.01. The highest BCUT2D eigenvalue weighted by Crippen LogP contribution is 2.20. The highest BCUT2D eigenvalue weighted by atomic mass is 16.3. The van der Waals surface area contributed by atoms with E-state index >= 15 is 0 Å². The Kier molecular flexibility index (Phi) is 3.45. The van der Waals surface area contributed by atoms with Gasteiger partial charge in [0.1, 0.15) is 0 Å². The highest BCUT2D eigenvalue weighted by molar-refractivity contribution is 5.83. The zero-order valence-corrected chi connectivity index (χ0v) is 11.2. The molecule has 0 aliphatic carbocycles. The summed E-state index contributed by atoms with van der Waals surface area (Å²) in [7, 11) is 0. The molecule has 0 unspecified atom stereocenters. The molecular formula is C16H19NO. The van der Waals surface area contributed by atoms with Gasteiger partial charge in [-0.1, -0.05) is 24.0 Å². The second-order valence-corrected chi connectivity index (χ2v) is 5.50. The average Bonchev–Trinajstić information content (AvgIpc) is 2.71. The van der Waals surface area contributed by atoms with Crippen molar-refractivity contribution in [2.75, 3.05) is 0 Å². The minimum absolute atomic E-state index is 0.0409.